The van der Waals surface area contributed by atoms with Gasteiger partial charge in [-0.2, -0.15) is 0 Å². The third-order valence-electron chi connectivity index (χ3n) is 3.48. The monoisotopic (exact) mass is 307 g/mol. The molecule has 0 fully saturated rings. The lowest BCUT2D eigenvalue weighted by molar-refractivity contribution is -0.107. The molecule has 0 spiro atoms. The summed E-state index contributed by atoms with van der Waals surface area (Å²) < 4.78 is 28.5. The first-order valence-electron chi connectivity index (χ1n) is 7.24. The van der Waals surface area contributed by atoms with Crippen LogP contribution in [0, 0.1) is 11.6 Å². The Balaban J connectivity index is 0.000000396. The Labute approximate surface area is 128 Å². The fourth-order valence-electron chi connectivity index (χ4n) is 2.51. The Kier molecular flexibility index (Phi) is 5.25. The molecule has 0 amide bonds. The second-order valence-corrected chi connectivity index (χ2v) is 5.03. The van der Waals surface area contributed by atoms with Gasteiger partial charge < -0.3 is 14.7 Å². The minimum absolute atomic E-state index is 0.0280. The molecule has 2 aromatic rings. The van der Waals surface area contributed by atoms with Gasteiger partial charge in [-0.05, 0) is 24.1 Å². The standard InChI is InChI=1S/C13H13F2N3.C3H6O/c1-16-12-7-18-11(2-3-13(18)17-12)8-4-9(14)6-10(15)5-8;1-2-3-4/h4-7,11,16H,2-3H2,1H3;3H,2H2,1H3. The first kappa shape index (κ1) is 16.1. The van der Waals surface area contributed by atoms with Crippen molar-refractivity contribution in [1.29, 1.82) is 0 Å². The molecule has 6 heteroatoms. The minimum atomic E-state index is -0.535. The van der Waals surface area contributed by atoms with Gasteiger partial charge in [0.05, 0.1) is 6.04 Å². The smallest absolute Gasteiger partial charge is 0.144 e. The van der Waals surface area contributed by atoms with E-state index in [1.807, 2.05) is 17.7 Å². The molecule has 0 bridgehead atoms. The van der Waals surface area contributed by atoms with Crippen molar-refractivity contribution in [3.63, 3.8) is 0 Å². The predicted octanol–water partition coefficient (Wildman–Crippen LogP) is 3.33. The van der Waals surface area contributed by atoms with Crippen molar-refractivity contribution < 1.29 is 13.6 Å². The zero-order valence-corrected chi connectivity index (χ0v) is 12.6. The van der Waals surface area contributed by atoms with Crippen molar-refractivity contribution >= 4 is 12.1 Å². The number of aromatic nitrogens is 2. The van der Waals surface area contributed by atoms with Crippen LogP contribution >= 0.6 is 0 Å². The summed E-state index contributed by atoms with van der Waals surface area (Å²) in [5.41, 5.74) is 0.659. The summed E-state index contributed by atoms with van der Waals surface area (Å²) in [6, 6.07) is 3.65. The molecule has 0 radical (unpaired) electrons. The lowest BCUT2D eigenvalue weighted by Gasteiger charge is -2.13. The highest BCUT2D eigenvalue weighted by molar-refractivity contribution is 5.48. The van der Waals surface area contributed by atoms with Crippen molar-refractivity contribution in [2.24, 2.45) is 0 Å². The number of hydrogen-bond donors (Lipinski definition) is 1. The fraction of sp³-hybridized carbons (Fsp3) is 0.375. The highest BCUT2D eigenvalue weighted by atomic mass is 19.1. The Morgan fingerprint density at radius 2 is 2.00 bits per heavy atom. The molecule has 1 unspecified atom stereocenters. The first-order valence-corrected chi connectivity index (χ1v) is 7.24. The molecule has 2 heterocycles. The molecule has 1 aromatic heterocycles. The van der Waals surface area contributed by atoms with Crippen LogP contribution in [-0.4, -0.2) is 22.9 Å². The summed E-state index contributed by atoms with van der Waals surface area (Å²) in [5.74, 6) is 0.667. The number of aryl methyl sites for hydroxylation is 1. The maximum absolute atomic E-state index is 13.3. The van der Waals surface area contributed by atoms with Crippen LogP contribution in [-0.2, 0) is 11.2 Å². The number of benzene rings is 1. The van der Waals surface area contributed by atoms with Crippen molar-refractivity contribution in [3.05, 3.63) is 47.4 Å². The number of nitrogens with zero attached hydrogens (tertiary/aromatic N) is 2. The number of imidazole rings is 1. The predicted molar refractivity (Wildman–Crippen MR) is 80.9 cm³/mol. The molecule has 118 valence electrons. The maximum atomic E-state index is 13.3. The Hall–Kier alpha value is -2.24. The van der Waals surface area contributed by atoms with Gasteiger partial charge in [0.2, 0.25) is 0 Å². The van der Waals surface area contributed by atoms with E-state index in [1.54, 1.807) is 7.05 Å². The number of aldehydes is 1. The normalized spacial score (nSPS) is 15.7. The van der Waals surface area contributed by atoms with E-state index >= 15 is 0 Å². The molecule has 0 saturated carbocycles. The second-order valence-electron chi connectivity index (χ2n) is 5.03. The summed E-state index contributed by atoms with van der Waals surface area (Å²) in [6.07, 6.45) is 5.05. The molecule has 0 saturated heterocycles. The largest absolute Gasteiger partial charge is 0.372 e. The Morgan fingerprint density at radius 3 is 2.55 bits per heavy atom. The molecule has 1 aromatic carbocycles. The quantitative estimate of drug-likeness (QED) is 0.885. The van der Waals surface area contributed by atoms with Gasteiger partial charge in [0, 0.05) is 32.2 Å². The van der Waals surface area contributed by atoms with Crippen LogP contribution in [0.25, 0.3) is 0 Å². The molecule has 22 heavy (non-hydrogen) atoms. The number of anilines is 1. The number of nitrogens with one attached hydrogen (secondary N) is 1. The second kappa shape index (κ2) is 7.15. The van der Waals surface area contributed by atoms with Gasteiger partial charge in [-0.3, -0.25) is 0 Å². The molecular formula is C16H19F2N3O. The van der Waals surface area contributed by atoms with Crippen molar-refractivity contribution in [1.82, 2.24) is 9.55 Å². The van der Waals surface area contributed by atoms with Gasteiger partial charge in [0.15, 0.2) is 0 Å². The van der Waals surface area contributed by atoms with E-state index in [9.17, 15) is 13.6 Å². The zero-order valence-electron chi connectivity index (χ0n) is 12.6. The van der Waals surface area contributed by atoms with Crippen LogP contribution in [0.3, 0.4) is 0 Å². The van der Waals surface area contributed by atoms with Crippen molar-refractivity contribution in [2.75, 3.05) is 12.4 Å². The van der Waals surface area contributed by atoms with Gasteiger partial charge >= 0.3 is 0 Å². The third-order valence-corrected chi connectivity index (χ3v) is 3.48. The van der Waals surface area contributed by atoms with E-state index in [2.05, 4.69) is 10.3 Å². The number of halogens is 2. The van der Waals surface area contributed by atoms with Crippen LogP contribution < -0.4 is 5.32 Å². The minimum Gasteiger partial charge on any atom is -0.372 e. The Morgan fingerprint density at radius 1 is 1.36 bits per heavy atom. The summed E-state index contributed by atoms with van der Waals surface area (Å²) >= 11 is 0. The van der Waals surface area contributed by atoms with E-state index in [0.717, 1.165) is 36.8 Å². The topological polar surface area (TPSA) is 46.9 Å². The Bertz CT molecular complexity index is 635. The van der Waals surface area contributed by atoms with Crippen molar-refractivity contribution in [2.45, 2.75) is 32.2 Å². The highest BCUT2D eigenvalue weighted by Gasteiger charge is 2.25. The van der Waals surface area contributed by atoms with Crippen LogP contribution in [0.5, 0.6) is 0 Å². The SMILES string of the molecule is CCC=O.CNc1cn2c(n1)CCC2c1cc(F)cc(F)c1. The van der Waals surface area contributed by atoms with E-state index in [0.29, 0.717) is 12.0 Å². The summed E-state index contributed by atoms with van der Waals surface area (Å²) in [5, 5.41) is 2.97. The van der Waals surface area contributed by atoms with E-state index < -0.39 is 11.6 Å². The van der Waals surface area contributed by atoms with Gasteiger partial charge in [0.1, 0.15) is 29.6 Å². The first-order chi connectivity index (χ1) is 10.6. The number of hydrogen-bond acceptors (Lipinski definition) is 3. The summed E-state index contributed by atoms with van der Waals surface area (Å²) in [7, 11) is 1.80. The number of carbonyl (C=O) groups is 1. The molecule has 0 aliphatic carbocycles. The lowest BCUT2D eigenvalue weighted by atomic mass is 10.0. The fourth-order valence-corrected chi connectivity index (χ4v) is 2.51. The van der Waals surface area contributed by atoms with E-state index in [-0.39, 0.29) is 6.04 Å². The molecular weight excluding hydrogens is 288 g/mol. The van der Waals surface area contributed by atoms with Gasteiger partial charge in [0.25, 0.3) is 0 Å². The average Bonchev–Trinajstić information content (AvgIpc) is 3.06. The van der Waals surface area contributed by atoms with E-state index in [4.69, 9.17) is 0 Å². The summed E-state index contributed by atoms with van der Waals surface area (Å²) in [6.45, 7) is 1.81. The molecule has 1 aliphatic heterocycles. The van der Waals surface area contributed by atoms with Gasteiger partial charge in [-0.15, -0.1) is 0 Å². The van der Waals surface area contributed by atoms with Crippen molar-refractivity contribution in [3.8, 4) is 0 Å². The molecule has 3 rings (SSSR count). The van der Waals surface area contributed by atoms with Gasteiger partial charge in [-0.25, -0.2) is 13.8 Å². The van der Waals surface area contributed by atoms with Crippen LogP contribution in [0.15, 0.2) is 24.4 Å². The molecule has 1 N–H and O–H groups in total. The average molecular weight is 307 g/mol. The molecule has 1 atom stereocenters. The van der Waals surface area contributed by atoms with Crippen LogP contribution in [0.4, 0.5) is 14.6 Å². The third kappa shape index (κ3) is 3.50. The van der Waals surface area contributed by atoms with Crippen LogP contribution in [0.2, 0.25) is 0 Å². The summed E-state index contributed by atoms with van der Waals surface area (Å²) in [4.78, 5) is 13.6. The number of rotatable bonds is 3. The lowest BCUT2D eigenvalue weighted by Crippen LogP contribution is -2.05. The number of carbonyl (C=O) groups excluding carboxylic acids is 1. The maximum Gasteiger partial charge on any atom is 0.144 e. The molecule has 4 nitrogen and oxygen atoms in total. The van der Waals surface area contributed by atoms with Crippen LogP contribution in [0.1, 0.15) is 37.2 Å². The van der Waals surface area contributed by atoms with Gasteiger partial charge in [-0.1, -0.05) is 6.92 Å². The highest BCUT2D eigenvalue weighted by Crippen LogP contribution is 2.33. The zero-order chi connectivity index (χ0) is 16.1. The van der Waals surface area contributed by atoms with E-state index in [1.165, 1.54) is 12.1 Å². The number of fused-ring (bicyclic) bond motifs is 1. The molecule has 1 aliphatic rings.